The largest absolute Gasteiger partial charge is 0.228 e. The lowest BCUT2D eigenvalue weighted by Crippen LogP contribution is -1.94. The first kappa shape index (κ1) is 8.79. The van der Waals surface area contributed by atoms with Gasteiger partial charge in [0.05, 0.1) is 0 Å². The monoisotopic (exact) mass is 143 g/mol. The Balaban J connectivity index is 3.25. The van der Waals surface area contributed by atoms with Crippen LogP contribution in [-0.2, 0) is 5.11 Å². The molecule has 0 N–H and O–H groups in total. The average Bonchev–Trinajstić information content (AvgIpc) is 1.89. The maximum Gasteiger partial charge on any atom is 0.114 e. The summed E-state index contributed by atoms with van der Waals surface area (Å²) in [7, 11) is 0. The van der Waals surface area contributed by atoms with Gasteiger partial charge in [-0.05, 0) is 18.1 Å². The summed E-state index contributed by atoms with van der Waals surface area (Å²) < 4.78 is 0. The average molecular weight is 143 g/mol. The summed E-state index contributed by atoms with van der Waals surface area (Å²) in [5.41, 5.74) is 0. The van der Waals surface area contributed by atoms with Gasteiger partial charge in [0, 0.05) is 0 Å². The van der Waals surface area contributed by atoms with Crippen molar-refractivity contribution in [2.45, 2.75) is 12.5 Å². The van der Waals surface area contributed by atoms with E-state index < -0.39 is 6.10 Å². The van der Waals surface area contributed by atoms with E-state index in [1.54, 1.807) is 11.8 Å². The Hall–Kier alpha value is -0.210. The summed E-state index contributed by atoms with van der Waals surface area (Å²) in [5, 5.41) is 12.5. The van der Waals surface area contributed by atoms with Crippen molar-refractivity contribution in [2.24, 2.45) is 0 Å². The van der Waals surface area contributed by atoms with Crippen LogP contribution in [0.1, 0.15) is 6.42 Å². The minimum Gasteiger partial charge on any atom is -0.228 e. The highest BCUT2D eigenvalue weighted by molar-refractivity contribution is 8.01. The molecule has 0 saturated carbocycles. The second kappa shape index (κ2) is 5.92. The molecule has 2 heteroatoms. The molecule has 0 rings (SSSR count). The van der Waals surface area contributed by atoms with Crippen LogP contribution in [-0.4, -0.2) is 12.4 Å². The zero-order valence-corrected chi connectivity index (χ0v) is 6.36. The maximum atomic E-state index is 10.6. The summed E-state index contributed by atoms with van der Waals surface area (Å²) in [5.74, 6) is 0. The van der Waals surface area contributed by atoms with E-state index >= 15 is 0 Å². The molecule has 0 aliphatic heterocycles. The molecule has 0 amide bonds. The van der Waals surface area contributed by atoms with Gasteiger partial charge in [-0.2, -0.15) is 0 Å². The van der Waals surface area contributed by atoms with Crippen molar-refractivity contribution in [1.82, 2.24) is 0 Å². The highest BCUT2D eigenvalue weighted by atomic mass is 32.2. The second-order valence-electron chi connectivity index (χ2n) is 1.62. The van der Waals surface area contributed by atoms with E-state index in [1.165, 1.54) is 6.08 Å². The predicted octanol–water partition coefficient (Wildman–Crippen LogP) is 2.24. The number of rotatable bonds is 4. The van der Waals surface area contributed by atoms with Gasteiger partial charge in [-0.25, -0.2) is 5.11 Å². The van der Waals surface area contributed by atoms with Gasteiger partial charge in [-0.15, -0.1) is 18.3 Å². The van der Waals surface area contributed by atoms with E-state index in [0.717, 1.165) is 0 Å². The standard InChI is InChI=1S/C7H11OS/c1-3-7(8)5-4-6-9-2/h3-4,6-7H,1,5H2,2H3/b6-4+. The van der Waals surface area contributed by atoms with Gasteiger partial charge in [0.1, 0.15) is 6.10 Å². The summed E-state index contributed by atoms with van der Waals surface area (Å²) in [6, 6.07) is 0. The molecule has 0 aliphatic rings. The van der Waals surface area contributed by atoms with Crippen LogP contribution < -0.4 is 0 Å². The van der Waals surface area contributed by atoms with E-state index in [-0.39, 0.29) is 0 Å². The van der Waals surface area contributed by atoms with Gasteiger partial charge in [0.2, 0.25) is 0 Å². The van der Waals surface area contributed by atoms with Gasteiger partial charge < -0.3 is 0 Å². The van der Waals surface area contributed by atoms with Crippen LogP contribution in [0, 0.1) is 0 Å². The van der Waals surface area contributed by atoms with Crippen molar-refractivity contribution in [3.8, 4) is 0 Å². The SMILES string of the molecule is C=CC([O])C/C=C/SC. The van der Waals surface area contributed by atoms with Crippen LogP contribution in [0.2, 0.25) is 0 Å². The van der Waals surface area contributed by atoms with Crippen LogP contribution in [0.5, 0.6) is 0 Å². The lowest BCUT2D eigenvalue weighted by molar-refractivity contribution is 0.133. The van der Waals surface area contributed by atoms with Crippen molar-refractivity contribution >= 4 is 11.8 Å². The second-order valence-corrected chi connectivity index (χ2v) is 2.36. The molecule has 0 aromatic rings. The molecule has 0 aromatic carbocycles. The van der Waals surface area contributed by atoms with Crippen molar-refractivity contribution in [1.29, 1.82) is 0 Å². The minimum absolute atomic E-state index is 0.560. The molecule has 0 fully saturated rings. The number of hydrogen-bond donors (Lipinski definition) is 0. The van der Waals surface area contributed by atoms with Gasteiger partial charge in [-0.1, -0.05) is 12.2 Å². The molecule has 0 bridgehead atoms. The highest BCUT2D eigenvalue weighted by Gasteiger charge is 1.93. The summed E-state index contributed by atoms with van der Waals surface area (Å²) in [6.45, 7) is 3.39. The Bertz CT molecular complexity index is 99.1. The van der Waals surface area contributed by atoms with E-state index in [2.05, 4.69) is 6.58 Å². The first-order chi connectivity index (χ1) is 4.31. The Morgan fingerprint density at radius 3 is 2.89 bits per heavy atom. The fourth-order valence-electron chi connectivity index (χ4n) is 0.382. The maximum absolute atomic E-state index is 10.6. The molecule has 1 radical (unpaired) electrons. The molecule has 1 unspecified atom stereocenters. The zero-order valence-electron chi connectivity index (χ0n) is 5.54. The molecule has 9 heavy (non-hydrogen) atoms. The Kier molecular flexibility index (Phi) is 5.78. The third-order valence-electron chi connectivity index (χ3n) is 0.864. The van der Waals surface area contributed by atoms with Crippen LogP contribution >= 0.6 is 11.8 Å². The summed E-state index contributed by atoms with van der Waals surface area (Å²) in [6.07, 6.45) is 5.18. The van der Waals surface area contributed by atoms with E-state index in [1.807, 2.05) is 17.7 Å². The fourth-order valence-corrected chi connectivity index (χ4v) is 0.686. The normalized spacial score (nSPS) is 14.0. The first-order valence-corrected chi connectivity index (χ1v) is 4.06. The molecule has 0 spiro atoms. The Labute approximate surface area is 60.5 Å². The summed E-state index contributed by atoms with van der Waals surface area (Å²) >= 11 is 1.60. The van der Waals surface area contributed by atoms with Crippen molar-refractivity contribution in [3.63, 3.8) is 0 Å². The van der Waals surface area contributed by atoms with Crippen LogP contribution in [0.3, 0.4) is 0 Å². The van der Waals surface area contributed by atoms with E-state index in [0.29, 0.717) is 6.42 Å². The molecule has 1 atom stereocenters. The zero-order chi connectivity index (χ0) is 7.11. The molecule has 51 valence electrons. The summed E-state index contributed by atoms with van der Waals surface area (Å²) in [4.78, 5) is 0. The molecule has 0 saturated heterocycles. The molecule has 1 nitrogen and oxygen atoms in total. The van der Waals surface area contributed by atoms with Crippen molar-refractivity contribution in [3.05, 3.63) is 24.1 Å². The molecular weight excluding hydrogens is 132 g/mol. The van der Waals surface area contributed by atoms with E-state index in [9.17, 15) is 5.11 Å². The Morgan fingerprint density at radius 1 is 1.78 bits per heavy atom. The molecule has 0 aromatic heterocycles. The third-order valence-corrected chi connectivity index (χ3v) is 1.33. The number of thioether (sulfide) groups is 1. The quantitative estimate of drug-likeness (QED) is 0.552. The topological polar surface area (TPSA) is 19.9 Å². The molecule has 0 aliphatic carbocycles. The lowest BCUT2D eigenvalue weighted by Gasteiger charge is -1.93. The highest BCUT2D eigenvalue weighted by Crippen LogP contribution is 1.99. The molecule has 0 heterocycles. The fraction of sp³-hybridized carbons (Fsp3) is 0.429. The van der Waals surface area contributed by atoms with Gasteiger partial charge in [-0.3, -0.25) is 0 Å². The molecular formula is C7H11OS. The van der Waals surface area contributed by atoms with Crippen molar-refractivity contribution in [2.75, 3.05) is 6.26 Å². The predicted molar refractivity (Wildman–Crippen MR) is 41.9 cm³/mol. The lowest BCUT2D eigenvalue weighted by atomic mass is 10.2. The first-order valence-electron chi connectivity index (χ1n) is 2.77. The smallest absolute Gasteiger partial charge is 0.114 e. The van der Waals surface area contributed by atoms with Crippen LogP contribution in [0.4, 0.5) is 0 Å². The van der Waals surface area contributed by atoms with Gasteiger partial charge >= 0.3 is 0 Å². The van der Waals surface area contributed by atoms with Gasteiger partial charge in [0.25, 0.3) is 0 Å². The van der Waals surface area contributed by atoms with Gasteiger partial charge in [0.15, 0.2) is 0 Å². The third kappa shape index (κ3) is 5.66. The van der Waals surface area contributed by atoms with Crippen LogP contribution in [0.25, 0.3) is 0 Å². The number of hydrogen-bond acceptors (Lipinski definition) is 1. The van der Waals surface area contributed by atoms with Crippen molar-refractivity contribution < 1.29 is 5.11 Å². The minimum atomic E-state index is -0.631. The Morgan fingerprint density at radius 2 is 2.44 bits per heavy atom. The van der Waals surface area contributed by atoms with Crippen LogP contribution in [0.15, 0.2) is 24.1 Å². The van der Waals surface area contributed by atoms with E-state index in [4.69, 9.17) is 0 Å².